The number of nitrogen functional groups attached to an aromatic ring is 1. The van der Waals surface area contributed by atoms with Gasteiger partial charge in [0.25, 0.3) is 0 Å². The summed E-state index contributed by atoms with van der Waals surface area (Å²) in [6.07, 6.45) is 3.93. The number of hydrogen-bond donors (Lipinski definition) is 1. The van der Waals surface area contributed by atoms with Crippen molar-refractivity contribution in [2.45, 2.75) is 19.4 Å². The number of hydrogen-bond acceptors (Lipinski definition) is 4. The first kappa shape index (κ1) is 11.4. The molecule has 4 heteroatoms. The monoisotopic (exact) mass is 222 g/mol. The third-order valence-corrected chi connectivity index (χ3v) is 2.81. The minimum Gasteiger partial charge on any atom is -0.384 e. The summed E-state index contributed by atoms with van der Waals surface area (Å²) in [5.74, 6) is 1.19. The first-order valence-electron chi connectivity index (χ1n) is 5.70. The molecule has 1 fully saturated rings. The van der Waals surface area contributed by atoms with Crippen molar-refractivity contribution < 1.29 is 9.47 Å². The SMILES string of the molecule is Nc1cc(COCC2CCOCC2)ccn1. The summed E-state index contributed by atoms with van der Waals surface area (Å²) >= 11 is 0. The lowest BCUT2D eigenvalue weighted by molar-refractivity contribution is 0.0157. The van der Waals surface area contributed by atoms with Crippen LogP contribution in [0, 0.1) is 5.92 Å². The van der Waals surface area contributed by atoms with E-state index in [0.717, 1.165) is 38.2 Å². The summed E-state index contributed by atoms with van der Waals surface area (Å²) in [5.41, 5.74) is 6.67. The molecule has 1 aromatic rings. The third kappa shape index (κ3) is 3.47. The van der Waals surface area contributed by atoms with Crippen LogP contribution in [0.1, 0.15) is 18.4 Å². The van der Waals surface area contributed by atoms with Gasteiger partial charge in [0.15, 0.2) is 0 Å². The van der Waals surface area contributed by atoms with Crippen LogP contribution >= 0.6 is 0 Å². The van der Waals surface area contributed by atoms with Crippen molar-refractivity contribution in [3.05, 3.63) is 23.9 Å². The molecule has 4 nitrogen and oxygen atoms in total. The van der Waals surface area contributed by atoms with E-state index in [2.05, 4.69) is 4.98 Å². The molecule has 0 amide bonds. The molecule has 2 N–H and O–H groups in total. The van der Waals surface area contributed by atoms with Crippen LogP contribution in [0.15, 0.2) is 18.3 Å². The van der Waals surface area contributed by atoms with Gasteiger partial charge in [0, 0.05) is 19.4 Å². The van der Waals surface area contributed by atoms with Crippen LogP contribution in [0.2, 0.25) is 0 Å². The highest BCUT2D eigenvalue weighted by Gasteiger charge is 2.13. The molecule has 1 saturated heterocycles. The first-order chi connectivity index (χ1) is 7.84. The van der Waals surface area contributed by atoms with Crippen molar-refractivity contribution in [1.82, 2.24) is 4.98 Å². The van der Waals surface area contributed by atoms with Gasteiger partial charge in [-0.05, 0) is 36.5 Å². The highest BCUT2D eigenvalue weighted by atomic mass is 16.5. The first-order valence-corrected chi connectivity index (χ1v) is 5.70. The van der Waals surface area contributed by atoms with E-state index in [9.17, 15) is 0 Å². The van der Waals surface area contributed by atoms with Crippen LogP contribution < -0.4 is 5.73 Å². The maximum absolute atomic E-state index is 5.68. The Balaban J connectivity index is 1.71. The zero-order chi connectivity index (χ0) is 11.2. The van der Waals surface area contributed by atoms with E-state index in [1.807, 2.05) is 12.1 Å². The number of nitrogens with zero attached hydrogens (tertiary/aromatic N) is 1. The van der Waals surface area contributed by atoms with Crippen molar-refractivity contribution in [2.24, 2.45) is 5.92 Å². The van der Waals surface area contributed by atoms with E-state index < -0.39 is 0 Å². The molecule has 0 spiro atoms. The highest BCUT2D eigenvalue weighted by Crippen LogP contribution is 2.15. The normalized spacial score (nSPS) is 17.5. The van der Waals surface area contributed by atoms with E-state index >= 15 is 0 Å². The van der Waals surface area contributed by atoms with E-state index in [0.29, 0.717) is 18.3 Å². The van der Waals surface area contributed by atoms with Crippen LogP contribution in [-0.2, 0) is 16.1 Å². The van der Waals surface area contributed by atoms with Crippen LogP contribution in [0.4, 0.5) is 5.82 Å². The van der Waals surface area contributed by atoms with Crippen LogP contribution in [0.25, 0.3) is 0 Å². The fraction of sp³-hybridized carbons (Fsp3) is 0.583. The number of aromatic nitrogens is 1. The molecule has 0 unspecified atom stereocenters. The Bertz CT molecular complexity index is 325. The summed E-state index contributed by atoms with van der Waals surface area (Å²) in [7, 11) is 0. The van der Waals surface area contributed by atoms with Crippen molar-refractivity contribution in [3.63, 3.8) is 0 Å². The smallest absolute Gasteiger partial charge is 0.123 e. The van der Waals surface area contributed by atoms with Crippen LogP contribution in [0.5, 0.6) is 0 Å². The van der Waals surface area contributed by atoms with Gasteiger partial charge in [-0.15, -0.1) is 0 Å². The van der Waals surface area contributed by atoms with Gasteiger partial charge in [-0.25, -0.2) is 4.98 Å². The molecule has 16 heavy (non-hydrogen) atoms. The third-order valence-electron chi connectivity index (χ3n) is 2.81. The second kappa shape index (κ2) is 5.82. The quantitative estimate of drug-likeness (QED) is 0.840. The fourth-order valence-electron chi connectivity index (χ4n) is 1.84. The summed E-state index contributed by atoms with van der Waals surface area (Å²) in [5, 5.41) is 0. The van der Waals surface area contributed by atoms with Gasteiger partial charge < -0.3 is 15.2 Å². The molecule has 2 heterocycles. The summed E-state index contributed by atoms with van der Waals surface area (Å²) < 4.78 is 11.0. The molecule has 0 bridgehead atoms. The Morgan fingerprint density at radius 2 is 2.25 bits per heavy atom. The molecular formula is C12H18N2O2. The van der Waals surface area contributed by atoms with E-state index in [1.54, 1.807) is 6.20 Å². The predicted octanol–water partition coefficient (Wildman–Crippen LogP) is 1.61. The minimum atomic E-state index is 0.548. The molecule has 0 radical (unpaired) electrons. The van der Waals surface area contributed by atoms with Gasteiger partial charge in [-0.1, -0.05) is 0 Å². The van der Waals surface area contributed by atoms with Crippen molar-refractivity contribution in [2.75, 3.05) is 25.6 Å². The zero-order valence-corrected chi connectivity index (χ0v) is 9.39. The van der Waals surface area contributed by atoms with Gasteiger partial charge in [0.2, 0.25) is 0 Å². The van der Waals surface area contributed by atoms with Gasteiger partial charge in [-0.3, -0.25) is 0 Å². The van der Waals surface area contributed by atoms with Gasteiger partial charge in [-0.2, -0.15) is 0 Å². The lowest BCUT2D eigenvalue weighted by Crippen LogP contribution is -2.20. The standard InChI is InChI=1S/C12H18N2O2/c13-12-7-11(1-4-14-12)9-16-8-10-2-5-15-6-3-10/h1,4,7,10H,2-3,5-6,8-9H2,(H2,13,14). The van der Waals surface area contributed by atoms with Gasteiger partial charge in [0.05, 0.1) is 13.2 Å². The maximum Gasteiger partial charge on any atom is 0.123 e. The van der Waals surface area contributed by atoms with Gasteiger partial charge in [0.1, 0.15) is 5.82 Å². The summed E-state index contributed by atoms with van der Waals surface area (Å²) in [4.78, 5) is 3.94. The average molecular weight is 222 g/mol. The van der Waals surface area contributed by atoms with Crippen molar-refractivity contribution in [1.29, 1.82) is 0 Å². The molecule has 1 aliphatic rings. The largest absolute Gasteiger partial charge is 0.384 e. The Hall–Kier alpha value is -1.13. The summed E-state index contributed by atoms with van der Waals surface area (Å²) in [6, 6.07) is 3.78. The van der Waals surface area contributed by atoms with Crippen LogP contribution in [-0.4, -0.2) is 24.8 Å². The van der Waals surface area contributed by atoms with E-state index in [-0.39, 0.29) is 0 Å². The molecule has 88 valence electrons. The molecule has 1 aliphatic heterocycles. The zero-order valence-electron chi connectivity index (χ0n) is 9.39. The number of nitrogens with two attached hydrogens (primary N) is 1. The fourth-order valence-corrected chi connectivity index (χ4v) is 1.84. The predicted molar refractivity (Wildman–Crippen MR) is 61.8 cm³/mol. The molecule has 0 aromatic carbocycles. The second-order valence-electron chi connectivity index (χ2n) is 4.16. The summed E-state index contributed by atoms with van der Waals surface area (Å²) in [6.45, 7) is 3.17. The Morgan fingerprint density at radius 3 is 3.00 bits per heavy atom. The molecule has 1 aromatic heterocycles. The van der Waals surface area contributed by atoms with Crippen molar-refractivity contribution >= 4 is 5.82 Å². The molecular weight excluding hydrogens is 204 g/mol. The van der Waals surface area contributed by atoms with Crippen molar-refractivity contribution in [3.8, 4) is 0 Å². The average Bonchev–Trinajstić information content (AvgIpc) is 2.30. The number of rotatable bonds is 4. The molecule has 0 atom stereocenters. The maximum atomic E-state index is 5.68. The number of anilines is 1. The van der Waals surface area contributed by atoms with Crippen LogP contribution in [0.3, 0.4) is 0 Å². The Kier molecular flexibility index (Phi) is 4.13. The highest BCUT2D eigenvalue weighted by molar-refractivity contribution is 5.31. The van der Waals surface area contributed by atoms with E-state index in [1.165, 1.54) is 0 Å². The number of ether oxygens (including phenoxy) is 2. The minimum absolute atomic E-state index is 0.548. The lowest BCUT2D eigenvalue weighted by Gasteiger charge is -2.21. The Morgan fingerprint density at radius 1 is 1.44 bits per heavy atom. The molecule has 0 aliphatic carbocycles. The molecule has 2 rings (SSSR count). The van der Waals surface area contributed by atoms with Gasteiger partial charge >= 0.3 is 0 Å². The lowest BCUT2D eigenvalue weighted by atomic mass is 10.0. The number of pyridine rings is 1. The topological polar surface area (TPSA) is 57.4 Å². The van der Waals surface area contributed by atoms with E-state index in [4.69, 9.17) is 15.2 Å². The Labute approximate surface area is 95.8 Å². The second-order valence-corrected chi connectivity index (χ2v) is 4.16. The molecule has 0 saturated carbocycles.